The fourth-order valence-electron chi connectivity index (χ4n) is 4.53. The maximum absolute atomic E-state index is 12.4. The summed E-state index contributed by atoms with van der Waals surface area (Å²) in [6.07, 6.45) is 7.41. The highest BCUT2D eigenvalue weighted by Crippen LogP contribution is 2.34. The summed E-state index contributed by atoms with van der Waals surface area (Å²) in [7, 11) is 0. The molecule has 0 spiro atoms. The Morgan fingerprint density at radius 2 is 1.48 bits per heavy atom. The first-order chi connectivity index (χ1) is 15.5. The van der Waals surface area contributed by atoms with Gasteiger partial charge in [0.25, 0.3) is 0 Å². The Hall–Kier alpha value is -2.20. The topological polar surface area (TPSA) is 162 Å². The van der Waals surface area contributed by atoms with E-state index in [1.165, 1.54) is 51.6 Å². The Morgan fingerprint density at radius 1 is 0.970 bits per heavy atom. The zero-order valence-corrected chi connectivity index (χ0v) is 19.7. The van der Waals surface area contributed by atoms with Crippen molar-refractivity contribution in [1.82, 2.24) is 4.90 Å². The summed E-state index contributed by atoms with van der Waals surface area (Å²) in [6.45, 7) is 7.26. The van der Waals surface area contributed by atoms with E-state index in [2.05, 4.69) is 18.7 Å². The van der Waals surface area contributed by atoms with E-state index in [1.54, 1.807) is 0 Å². The molecule has 2 fully saturated rings. The third-order valence-corrected chi connectivity index (χ3v) is 6.39. The third kappa shape index (κ3) is 10.1. The van der Waals surface area contributed by atoms with E-state index in [0.717, 1.165) is 12.8 Å². The van der Waals surface area contributed by atoms with Crippen LogP contribution >= 0.6 is 0 Å². The third-order valence-electron chi connectivity index (χ3n) is 6.39. The average molecular weight is 474 g/mol. The van der Waals surface area contributed by atoms with Crippen LogP contribution in [-0.4, -0.2) is 80.5 Å². The molecule has 1 heterocycles. The van der Waals surface area contributed by atoms with Crippen molar-refractivity contribution in [2.45, 2.75) is 89.7 Å². The second-order valence-electron chi connectivity index (χ2n) is 9.14. The lowest BCUT2D eigenvalue weighted by molar-refractivity contribution is -0.170. The quantitative estimate of drug-likeness (QED) is 0.310. The molecule has 1 saturated carbocycles. The van der Waals surface area contributed by atoms with Gasteiger partial charge < -0.3 is 25.2 Å². The predicted octanol–water partition coefficient (Wildman–Crippen LogP) is 2.37. The van der Waals surface area contributed by atoms with Gasteiger partial charge in [0.1, 0.15) is 6.61 Å². The van der Waals surface area contributed by atoms with Crippen LogP contribution in [0.5, 0.6) is 0 Å². The zero-order chi connectivity index (χ0) is 25.0. The van der Waals surface area contributed by atoms with E-state index in [0.29, 0.717) is 18.6 Å². The summed E-state index contributed by atoms with van der Waals surface area (Å²) in [5.41, 5.74) is -2.74. The van der Waals surface area contributed by atoms with E-state index in [9.17, 15) is 19.2 Å². The van der Waals surface area contributed by atoms with Gasteiger partial charge in [-0.15, -0.1) is 0 Å². The van der Waals surface area contributed by atoms with E-state index in [1.807, 2.05) is 0 Å². The lowest BCUT2D eigenvalue weighted by Gasteiger charge is -2.26. The van der Waals surface area contributed by atoms with Gasteiger partial charge >= 0.3 is 23.9 Å². The van der Waals surface area contributed by atoms with Crippen LogP contribution in [-0.2, 0) is 23.9 Å². The molecule has 2 aliphatic rings. The number of carboxylic acid groups (broad SMARTS) is 3. The fourth-order valence-corrected chi connectivity index (χ4v) is 4.53. The van der Waals surface area contributed by atoms with Gasteiger partial charge in [0, 0.05) is 6.04 Å². The molecule has 0 aromatic rings. The molecule has 0 bridgehead atoms. The average Bonchev–Trinajstić information content (AvgIpc) is 3.43. The highest BCUT2D eigenvalue weighted by molar-refractivity contribution is 5.88. The molecule has 2 unspecified atom stereocenters. The van der Waals surface area contributed by atoms with Gasteiger partial charge in [0.15, 0.2) is 5.60 Å². The van der Waals surface area contributed by atoms with Gasteiger partial charge in [0.05, 0.1) is 18.8 Å². The Labute approximate surface area is 194 Å². The maximum Gasteiger partial charge on any atom is 0.336 e. The molecule has 33 heavy (non-hydrogen) atoms. The summed E-state index contributed by atoms with van der Waals surface area (Å²) in [4.78, 5) is 45.3. The molecule has 0 aromatic heterocycles. The number of hydrogen-bond acceptors (Lipinski definition) is 7. The smallest absolute Gasteiger partial charge is 0.336 e. The highest BCUT2D eigenvalue weighted by atomic mass is 16.5. The van der Waals surface area contributed by atoms with Crippen LogP contribution in [0.1, 0.15) is 78.1 Å². The molecular formula is C23H39NO9. The molecule has 10 nitrogen and oxygen atoms in total. The SMILES string of the molecule is CCCC(C(=O)OCC(C)N1CCCC1)C1CCCC1.O=C(O)CC(O)(CC(=O)O)C(=O)O. The lowest BCUT2D eigenvalue weighted by Crippen LogP contribution is -2.42. The van der Waals surface area contributed by atoms with Crippen molar-refractivity contribution in [3.63, 3.8) is 0 Å². The molecule has 2 rings (SSSR count). The van der Waals surface area contributed by atoms with Gasteiger partial charge in [-0.25, -0.2) is 4.79 Å². The number of nitrogens with zero attached hydrogens (tertiary/aromatic N) is 1. The van der Waals surface area contributed by atoms with Crippen molar-refractivity contribution in [3.8, 4) is 0 Å². The number of esters is 1. The number of likely N-dealkylation sites (tertiary alicyclic amines) is 1. The predicted molar refractivity (Wildman–Crippen MR) is 119 cm³/mol. The molecule has 2 atom stereocenters. The Morgan fingerprint density at radius 3 is 1.91 bits per heavy atom. The number of hydrogen-bond donors (Lipinski definition) is 4. The lowest BCUT2D eigenvalue weighted by atomic mass is 9.87. The minimum atomic E-state index is -2.74. The van der Waals surface area contributed by atoms with Crippen LogP contribution < -0.4 is 0 Å². The van der Waals surface area contributed by atoms with Crippen LogP contribution in [0.4, 0.5) is 0 Å². The van der Waals surface area contributed by atoms with Crippen LogP contribution in [0.15, 0.2) is 0 Å². The summed E-state index contributed by atoms with van der Waals surface area (Å²) in [5.74, 6) is -4.20. The largest absolute Gasteiger partial charge is 0.481 e. The van der Waals surface area contributed by atoms with Crippen molar-refractivity contribution in [2.24, 2.45) is 11.8 Å². The minimum absolute atomic E-state index is 0.0739. The number of carbonyl (C=O) groups is 4. The second kappa shape index (κ2) is 14.1. The number of rotatable bonds is 12. The van der Waals surface area contributed by atoms with Crippen LogP contribution in [0.3, 0.4) is 0 Å². The van der Waals surface area contributed by atoms with Gasteiger partial charge in [-0.2, -0.15) is 0 Å². The first kappa shape index (κ1) is 28.8. The standard InChI is InChI=1S/C17H31NO2.C6H8O7/c1-3-8-16(15-9-4-5-10-15)17(19)20-13-14(2)18-11-6-7-12-18;7-3(8)1-6(13,5(11)12)2-4(9)10/h14-16H,3-13H2,1-2H3;13H,1-2H2,(H,7,8)(H,9,10)(H,11,12). The zero-order valence-electron chi connectivity index (χ0n) is 19.7. The van der Waals surface area contributed by atoms with E-state index in [-0.39, 0.29) is 11.9 Å². The number of carboxylic acids is 3. The summed E-state index contributed by atoms with van der Waals surface area (Å²) in [5, 5.41) is 33.8. The molecular weight excluding hydrogens is 434 g/mol. The Balaban J connectivity index is 0.000000366. The highest BCUT2D eigenvalue weighted by Gasteiger charge is 2.40. The summed E-state index contributed by atoms with van der Waals surface area (Å²) in [6, 6.07) is 0.382. The molecule has 4 N–H and O–H groups in total. The molecule has 1 aliphatic heterocycles. The van der Waals surface area contributed by atoms with E-state index >= 15 is 0 Å². The Bertz CT molecular complexity index is 638. The first-order valence-electron chi connectivity index (χ1n) is 11.8. The van der Waals surface area contributed by atoms with Gasteiger partial charge in [-0.3, -0.25) is 19.3 Å². The monoisotopic (exact) mass is 473 g/mol. The Kier molecular flexibility index (Phi) is 12.4. The number of aliphatic carboxylic acids is 3. The molecule has 0 aromatic carbocycles. The molecule has 0 radical (unpaired) electrons. The minimum Gasteiger partial charge on any atom is -0.481 e. The van der Waals surface area contributed by atoms with Crippen LogP contribution in [0, 0.1) is 11.8 Å². The number of carbonyl (C=O) groups excluding carboxylic acids is 1. The van der Waals surface area contributed by atoms with Crippen molar-refractivity contribution in [2.75, 3.05) is 19.7 Å². The maximum atomic E-state index is 12.4. The van der Waals surface area contributed by atoms with Crippen molar-refractivity contribution >= 4 is 23.9 Å². The first-order valence-corrected chi connectivity index (χ1v) is 11.8. The van der Waals surface area contributed by atoms with Gasteiger partial charge in [-0.05, 0) is 58.0 Å². The van der Waals surface area contributed by atoms with Gasteiger partial charge in [-0.1, -0.05) is 26.2 Å². The molecule has 10 heteroatoms. The van der Waals surface area contributed by atoms with Gasteiger partial charge in [0.2, 0.25) is 0 Å². The van der Waals surface area contributed by atoms with Crippen molar-refractivity contribution in [1.29, 1.82) is 0 Å². The van der Waals surface area contributed by atoms with E-state index < -0.39 is 36.4 Å². The van der Waals surface area contributed by atoms with E-state index in [4.69, 9.17) is 25.2 Å². The summed E-state index contributed by atoms with van der Waals surface area (Å²) < 4.78 is 5.66. The second-order valence-corrected chi connectivity index (χ2v) is 9.14. The molecule has 1 aliphatic carbocycles. The normalized spacial score (nSPS) is 18.8. The summed E-state index contributed by atoms with van der Waals surface area (Å²) >= 11 is 0. The van der Waals surface area contributed by atoms with Crippen LogP contribution in [0.25, 0.3) is 0 Å². The van der Waals surface area contributed by atoms with Crippen LogP contribution in [0.2, 0.25) is 0 Å². The fraction of sp³-hybridized carbons (Fsp3) is 0.826. The molecule has 0 amide bonds. The van der Waals surface area contributed by atoms with Crippen molar-refractivity contribution < 1.29 is 44.3 Å². The van der Waals surface area contributed by atoms with Crippen molar-refractivity contribution in [3.05, 3.63) is 0 Å². The number of aliphatic hydroxyl groups is 1. The number of ether oxygens (including phenoxy) is 1. The molecule has 190 valence electrons. The molecule has 1 saturated heterocycles.